The highest BCUT2D eigenvalue weighted by molar-refractivity contribution is 7.10. The number of nitrogens with zero attached hydrogens (tertiary/aromatic N) is 1. The highest BCUT2D eigenvalue weighted by atomic mass is 35.5. The molecule has 0 bridgehead atoms. The maximum Gasteiger partial charge on any atom is 0.251 e. The summed E-state index contributed by atoms with van der Waals surface area (Å²) in [5, 5.41) is 8.60. The molecule has 2 N–H and O–H groups in total. The summed E-state index contributed by atoms with van der Waals surface area (Å²) in [5.41, 5.74) is 1.99. The van der Waals surface area contributed by atoms with E-state index in [0.717, 1.165) is 19.5 Å². The molecule has 1 aliphatic rings. The third kappa shape index (κ3) is 5.80. The Labute approximate surface area is 175 Å². The molecule has 28 heavy (non-hydrogen) atoms. The van der Waals surface area contributed by atoms with Gasteiger partial charge in [0.2, 0.25) is 5.91 Å². The van der Waals surface area contributed by atoms with Crippen LogP contribution in [-0.2, 0) is 17.8 Å². The van der Waals surface area contributed by atoms with Crippen molar-refractivity contribution in [2.24, 2.45) is 0 Å². The van der Waals surface area contributed by atoms with Crippen LogP contribution >= 0.6 is 22.9 Å². The van der Waals surface area contributed by atoms with Crippen molar-refractivity contribution in [1.82, 2.24) is 15.5 Å². The zero-order valence-electron chi connectivity index (χ0n) is 16.0. The molecule has 2 amide bonds. The second-order valence-corrected chi connectivity index (χ2v) is 8.55. The Balaban J connectivity index is 1.30. The molecule has 0 radical (unpaired) electrons. The first-order valence-corrected chi connectivity index (χ1v) is 10.9. The van der Waals surface area contributed by atoms with Crippen LogP contribution in [0.2, 0.25) is 5.02 Å². The average Bonchev–Trinajstić information content (AvgIpc) is 3.17. The Morgan fingerprint density at radius 2 is 2.00 bits per heavy atom. The van der Waals surface area contributed by atoms with Crippen molar-refractivity contribution in [3.8, 4) is 0 Å². The van der Waals surface area contributed by atoms with Gasteiger partial charge in [0.25, 0.3) is 5.91 Å². The summed E-state index contributed by atoms with van der Waals surface area (Å²) in [6, 6.07) is 9.26. The third-order valence-corrected chi connectivity index (χ3v) is 6.30. The SMILES string of the molecule is CC(CNC(=O)CCCNC(=O)c1ccc(Cl)cc1)N1CCc2sccc2C1. The predicted octanol–water partition coefficient (Wildman–Crippen LogP) is 3.47. The fourth-order valence-corrected chi connectivity index (χ4v) is 4.30. The van der Waals surface area contributed by atoms with Crippen molar-refractivity contribution in [2.45, 2.75) is 38.8 Å². The summed E-state index contributed by atoms with van der Waals surface area (Å²) >= 11 is 7.66. The van der Waals surface area contributed by atoms with E-state index in [4.69, 9.17) is 11.6 Å². The molecule has 1 atom stereocenters. The van der Waals surface area contributed by atoms with Gasteiger partial charge in [-0.05, 0) is 61.0 Å². The number of carbonyl (C=O) groups excluding carboxylic acids is 2. The minimum atomic E-state index is -0.149. The first-order valence-electron chi connectivity index (χ1n) is 9.62. The third-order valence-electron chi connectivity index (χ3n) is 5.03. The largest absolute Gasteiger partial charge is 0.355 e. The molecule has 0 fully saturated rings. The van der Waals surface area contributed by atoms with Gasteiger partial charge in [0.15, 0.2) is 0 Å². The summed E-state index contributed by atoms with van der Waals surface area (Å²) < 4.78 is 0. The topological polar surface area (TPSA) is 61.4 Å². The van der Waals surface area contributed by atoms with Crippen LogP contribution in [-0.4, -0.2) is 42.4 Å². The molecular formula is C21H26ClN3O2S. The van der Waals surface area contributed by atoms with Gasteiger partial charge in [-0.1, -0.05) is 11.6 Å². The number of hydrogen-bond donors (Lipinski definition) is 2. The van der Waals surface area contributed by atoms with Gasteiger partial charge in [-0.15, -0.1) is 11.3 Å². The maximum absolute atomic E-state index is 12.1. The Morgan fingerprint density at radius 1 is 1.21 bits per heavy atom. The molecule has 1 aliphatic heterocycles. The van der Waals surface area contributed by atoms with E-state index >= 15 is 0 Å². The van der Waals surface area contributed by atoms with Crippen molar-refractivity contribution in [3.63, 3.8) is 0 Å². The average molecular weight is 420 g/mol. The van der Waals surface area contributed by atoms with Crippen molar-refractivity contribution < 1.29 is 9.59 Å². The first-order chi connectivity index (χ1) is 13.5. The van der Waals surface area contributed by atoms with Crippen molar-refractivity contribution in [1.29, 1.82) is 0 Å². The Bertz CT molecular complexity index is 806. The number of benzene rings is 1. The van der Waals surface area contributed by atoms with E-state index in [1.165, 1.54) is 10.4 Å². The zero-order chi connectivity index (χ0) is 19.9. The second kappa shape index (κ2) is 10.0. The molecule has 7 heteroatoms. The van der Waals surface area contributed by atoms with Crippen LogP contribution in [0.5, 0.6) is 0 Å². The van der Waals surface area contributed by atoms with Crippen LogP contribution in [0.3, 0.4) is 0 Å². The molecule has 1 unspecified atom stereocenters. The van der Waals surface area contributed by atoms with E-state index in [9.17, 15) is 9.59 Å². The molecule has 1 aromatic carbocycles. The Hall–Kier alpha value is -1.89. The highest BCUT2D eigenvalue weighted by Gasteiger charge is 2.21. The van der Waals surface area contributed by atoms with Crippen LogP contribution in [0.1, 0.15) is 40.6 Å². The van der Waals surface area contributed by atoms with Gasteiger partial charge in [-0.2, -0.15) is 0 Å². The minimum absolute atomic E-state index is 0.0285. The summed E-state index contributed by atoms with van der Waals surface area (Å²) in [6.45, 7) is 5.28. The van der Waals surface area contributed by atoms with Gasteiger partial charge in [0.05, 0.1) is 0 Å². The quantitative estimate of drug-likeness (QED) is 0.644. The molecule has 0 saturated carbocycles. The maximum atomic E-state index is 12.1. The van der Waals surface area contributed by atoms with Gasteiger partial charge in [-0.25, -0.2) is 0 Å². The Kier molecular flexibility index (Phi) is 7.48. The van der Waals surface area contributed by atoms with E-state index in [1.54, 1.807) is 24.3 Å². The van der Waals surface area contributed by atoms with E-state index < -0.39 is 0 Å². The van der Waals surface area contributed by atoms with Crippen molar-refractivity contribution >= 4 is 34.8 Å². The molecule has 5 nitrogen and oxygen atoms in total. The van der Waals surface area contributed by atoms with Gasteiger partial charge in [-0.3, -0.25) is 14.5 Å². The van der Waals surface area contributed by atoms with Crippen LogP contribution < -0.4 is 10.6 Å². The fourth-order valence-electron chi connectivity index (χ4n) is 3.28. The number of rotatable bonds is 8. The molecular weight excluding hydrogens is 394 g/mol. The lowest BCUT2D eigenvalue weighted by molar-refractivity contribution is -0.121. The molecule has 0 aliphatic carbocycles. The molecule has 3 rings (SSSR count). The van der Waals surface area contributed by atoms with Crippen molar-refractivity contribution in [3.05, 3.63) is 56.7 Å². The smallest absolute Gasteiger partial charge is 0.251 e. The van der Waals surface area contributed by atoms with E-state index in [-0.39, 0.29) is 11.8 Å². The van der Waals surface area contributed by atoms with Crippen LogP contribution in [0, 0.1) is 0 Å². The zero-order valence-corrected chi connectivity index (χ0v) is 17.6. The number of amides is 2. The number of fused-ring (bicyclic) bond motifs is 1. The van der Waals surface area contributed by atoms with Crippen LogP contribution in [0.15, 0.2) is 35.7 Å². The molecule has 0 saturated heterocycles. The van der Waals surface area contributed by atoms with Gasteiger partial charge in [0, 0.05) is 54.1 Å². The summed E-state index contributed by atoms with van der Waals surface area (Å²) in [5.74, 6) is -0.121. The normalized spacial score (nSPS) is 14.9. The molecule has 2 aromatic rings. The van der Waals surface area contributed by atoms with E-state index in [0.29, 0.717) is 42.6 Å². The number of halogens is 1. The van der Waals surface area contributed by atoms with Gasteiger partial charge < -0.3 is 10.6 Å². The predicted molar refractivity (Wildman–Crippen MR) is 114 cm³/mol. The number of hydrogen-bond acceptors (Lipinski definition) is 4. The number of thiophene rings is 1. The molecule has 150 valence electrons. The highest BCUT2D eigenvalue weighted by Crippen LogP contribution is 2.24. The standard InChI is InChI=1S/C21H26ClN3O2S/c1-15(25-11-8-19-17(14-25)9-12-28-19)13-24-20(26)3-2-10-23-21(27)16-4-6-18(22)7-5-16/h4-7,9,12,15H,2-3,8,10-11,13-14H2,1H3,(H,23,27)(H,24,26). The molecule has 1 aromatic heterocycles. The lowest BCUT2D eigenvalue weighted by atomic mass is 10.1. The van der Waals surface area contributed by atoms with E-state index in [1.807, 2.05) is 11.3 Å². The monoisotopic (exact) mass is 419 g/mol. The fraction of sp³-hybridized carbons (Fsp3) is 0.429. The van der Waals surface area contributed by atoms with Crippen molar-refractivity contribution in [2.75, 3.05) is 19.6 Å². The molecule has 2 heterocycles. The summed E-state index contributed by atoms with van der Waals surface area (Å²) in [6.07, 6.45) is 2.11. The Morgan fingerprint density at radius 3 is 2.79 bits per heavy atom. The van der Waals surface area contributed by atoms with E-state index in [2.05, 4.69) is 33.9 Å². The first kappa shape index (κ1) is 20.8. The second-order valence-electron chi connectivity index (χ2n) is 7.11. The van der Waals surface area contributed by atoms with Crippen LogP contribution in [0.4, 0.5) is 0 Å². The lowest BCUT2D eigenvalue weighted by Gasteiger charge is -2.32. The summed E-state index contributed by atoms with van der Waals surface area (Å²) in [7, 11) is 0. The van der Waals surface area contributed by atoms with Gasteiger partial charge in [0.1, 0.15) is 0 Å². The lowest BCUT2D eigenvalue weighted by Crippen LogP contribution is -2.44. The molecule has 0 spiro atoms. The van der Waals surface area contributed by atoms with Gasteiger partial charge >= 0.3 is 0 Å². The summed E-state index contributed by atoms with van der Waals surface area (Å²) in [4.78, 5) is 28.0. The minimum Gasteiger partial charge on any atom is -0.355 e. The van der Waals surface area contributed by atoms with Crippen LogP contribution in [0.25, 0.3) is 0 Å². The number of carbonyl (C=O) groups is 2. The number of nitrogens with one attached hydrogen (secondary N) is 2.